The SMILES string of the molecule is CCN(C)C.CCN(C)c1ccccn1.CCN1CCC(C(F)(F)F)CC1.CCN1CCC(O)CC1.CCN1CCCCC1.CCN1CCN(c2ccc(F)cc2)CC1.CCNCc1ccccc1.CCO.CCOC1CCN1CC.CCOCc1ccccc1. The van der Waals surface area contributed by atoms with Crippen molar-refractivity contribution in [1.82, 2.24) is 39.7 Å². The minimum Gasteiger partial charge on any atom is -0.397 e. The van der Waals surface area contributed by atoms with Gasteiger partial charge in [0.25, 0.3) is 0 Å². The highest BCUT2D eigenvalue weighted by Crippen LogP contribution is 2.34. The minimum atomic E-state index is -3.97. The van der Waals surface area contributed by atoms with Gasteiger partial charge in [0.15, 0.2) is 0 Å². The van der Waals surface area contributed by atoms with E-state index in [0.29, 0.717) is 19.3 Å². The maximum Gasteiger partial charge on any atom is 0.391 e. The average Bonchev–Trinajstić information content (AvgIpc) is 2.07. The van der Waals surface area contributed by atoms with Crippen molar-refractivity contribution in [3.8, 4) is 0 Å². The third-order valence-corrected chi connectivity index (χ3v) is 16.1. The predicted molar refractivity (Wildman–Crippen MR) is 378 cm³/mol. The smallest absolute Gasteiger partial charge is 0.391 e. The highest BCUT2D eigenvalue weighted by molar-refractivity contribution is 5.46. The molecule has 3 aromatic carbocycles. The first kappa shape index (κ1) is 86.7. The molecule has 524 valence electrons. The number of piperidine rings is 3. The van der Waals surface area contributed by atoms with Gasteiger partial charge in [0.05, 0.1) is 18.6 Å². The van der Waals surface area contributed by atoms with Gasteiger partial charge < -0.3 is 59.3 Å². The van der Waals surface area contributed by atoms with Crippen LogP contribution in [0.5, 0.6) is 0 Å². The lowest BCUT2D eigenvalue weighted by atomic mass is 9.96. The van der Waals surface area contributed by atoms with Crippen molar-refractivity contribution in [2.45, 2.75) is 159 Å². The number of nitrogens with zero attached hydrogens (tertiary/aromatic N) is 9. The van der Waals surface area contributed by atoms with Gasteiger partial charge in [0.2, 0.25) is 0 Å². The van der Waals surface area contributed by atoms with Crippen LogP contribution in [-0.2, 0) is 22.6 Å². The molecule has 91 heavy (non-hydrogen) atoms. The van der Waals surface area contributed by atoms with Crippen molar-refractivity contribution < 1.29 is 37.2 Å². The molecule has 0 amide bonds. The molecule has 1 atom stereocenters. The van der Waals surface area contributed by atoms with Crippen LogP contribution < -0.4 is 15.1 Å². The predicted octanol–water partition coefficient (Wildman–Crippen LogP) is 13.4. The van der Waals surface area contributed by atoms with Crippen molar-refractivity contribution in [2.75, 3.05) is 175 Å². The van der Waals surface area contributed by atoms with Gasteiger partial charge in [-0.1, -0.05) is 122 Å². The lowest BCUT2D eigenvalue weighted by Crippen LogP contribution is -2.48. The zero-order chi connectivity index (χ0) is 67.9. The molecule has 0 bridgehead atoms. The number of aliphatic hydroxyl groups excluding tert-OH is 2. The summed E-state index contributed by atoms with van der Waals surface area (Å²) in [5, 5.41) is 19.9. The summed E-state index contributed by atoms with van der Waals surface area (Å²) in [6.45, 7) is 46.7. The van der Waals surface area contributed by atoms with Crippen molar-refractivity contribution in [3.63, 3.8) is 0 Å². The Morgan fingerprint density at radius 2 is 1.03 bits per heavy atom. The number of anilines is 2. The van der Waals surface area contributed by atoms with Gasteiger partial charge in [-0.25, -0.2) is 9.37 Å². The van der Waals surface area contributed by atoms with E-state index < -0.39 is 12.1 Å². The summed E-state index contributed by atoms with van der Waals surface area (Å²) in [6.07, 6.45) is 6.27. The number of pyridine rings is 1. The van der Waals surface area contributed by atoms with E-state index >= 15 is 0 Å². The number of hydrogen-bond donors (Lipinski definition) is 3. The number of likely N-dealkylation sites (tertiary alicyclic amines) is 4. The number of aromatic nitrogens is 1. The fourth-order valence-electron chi connectivity index (χ4n) is 9.62. The molecule has 1 unspecified atom stereocenters. The topological polar surface area (TPSA) is 110 Å². The molecule has 0 aliphatic carbocycles. The third kappa shape index (κ3) is 44.8. The van der Waals surface area contributed by atoms with E-state index in [2.05, 4.69) is 148 Å². The molecule has 5 fully saturated rings. The monoisotopic (exact) mass is 1290 g/mol. The number of alkyl halides is 3. The number of aliphatic hydroxyl groups is 2. The largest absolute Gasteiger partial charge is 0.397 e. The molecular formula is C73H130F4N10O4. The third-order valence-electron chi connectivity index (χ3n) is 16.1. The summed E-state index contributed by atoms with van der Waals surface area (Å²) in [6, 6.07) is 33.3. The summed E-state index contributed by atoms with van der Waals surface area (Å²) in [5.74, 6) is -0.184. The van der Waals surface area contributed by atoms with E-state index in [1.54, 1.807) is 6.92 Å². The van der Waals surface area contributed by atoms with Gasteiger partial charge in [0.1, 0.15) is 17.9 Å². The molecule has 1 aromatic heterocycles. The van der Waals surface area contributed by atoms with Crippen LogP contribution in [0.3, 0.4) is 0 Å². The molecular weight excluding hydrogens is 1160 g/mol. The lowest BCUT2D eigenvalue weighted by molar-refractivity contribution is -0.184. The van der Waals surface area contributed by atoms with E-state index in [4.69, 9.17) is 19.7 Å². The molecule has 9 rings (SSSR count). The highest BCUT2D eigenvalue weighted by Gasteiger charge is 2.40. The van der Waals surface area contributed by atoms with E-state index in [0.717, 1.165) is 136 Å². The second kappa shape index (κ2) is 57.2. The second-order valence-electron chi connectivity index (χ2n) is 22.9. The molecule has 6 heterocycles. The Morgan fingerprint density at radius 1 is 0.549 bits per heavy atom. The fourth-order valence-corrected chi connectivity index (χ4v) is 9.62. The van der Waals surface area contributed by atoms with Crippen molar-refractivity contribution in [1.29, 1.82) is 0 Å². The molecule has 5 aliphatic rings. The molecule has 0 radical (unpaired) electrons. The number of halogens is 4. The van der Waals surface area contributed by atoms with Crippen LogP contribution in [0.2, 0.25) is 0 Å². The van der Waals surface area contributed by atoms with Crippen LogP contribution in [0.15, 0.2) is 109 Å². The molecule has 14 nitrogen and oxygen atoms in total. The van der Waals surface area contributed by atoms with Crippen molar-refractivity contribution in [3.05, 3.63) is 126 Å². The van der Waals surface area contributed by atoms with Crippen LogP contribution in [-0.4, -0.2) is 228 Å². The van der Waals surface area contributed by atoms with Gasteiger partial charge in [-0.15, -0.1) is 0 Å². The van der Waals surface area contributed by atoms with Crippen LogP contribution in [0.4, 0.5) is 29.1 Å². The lowest BCUT2D eigenvalue weighted by Gasteiger charge is -2.39. The van der Waals surface area contributed by atoms with Gasteiger partial charge in [-0.05, 0) is 206 Å². The van der Waals surface area contributed by atoms with E-state index in [1.807, 2.05) is 88.6 Å². The van der Waals surface area contributed by atoms with Crippen LogP contribution in [0.1, 0.15) is 139 Å². The maximum absolute atomic E-state index is 12.7. The Kier molecular flexibility index (Phi) is 54.5. The summed E-state index contributed by atoms with van der Waals surface area (Å²) in [4.78, 5) is 22.4. The van der Waals surface area contributed by atoms with Gasteiger partial charge >= 0.3 is 6.18 Å². The molecule has 18 heteroatoms. The van der Waals surface area contributed by atoms with Crippen LogP contribution in [0, 0.1) is 11.7 Å². The fraction of sp³-hybridized carbons (Fsp3) is 0.685. The zero-order valence-electron chi connectivity index (χ0n) is 59.5. The molecule has 5 saturated heterocycles. The van der Waals surface area contributed by atoms with E-state index in [-0.39, 0.29) is 31.4 Å². The molecule has 4 aromatic rings. The second-order valence-corrected chi connectivity index (χ2v) is 22.9. The minimum absolute atomic E-state index is 0.0206. The Balaban J connectivity index is 0.00000101. The normalized spacial score (nSPS) is 17.2. The standard InChI is InChI=1S/C12H17FN2.C9H13N.C9H12O.C8H14F3N.C8H12N2.2C7H15NO.C7H15N.C4H11N.C2H6O/c1-2-14-7-9-15(10-8-14)12-5-3-11(13)4-6-12;2*1-2-10-8-9-6-4-3-5-7-9;1-2-12-5-3-7(4-6-12)8(9,10)11;1-3-10(2)8-6-4-5-7-9-8;1-3-8-6-5-7(8)9-4-2;1-2-8-5-3-7(9)4-6-8;1-2-8-6-4-3-5-7-8;1-4-5(2)3;1-2-3/h3-6H,2,7-10H2,1H3;3-7,10H,2,8H2,1H3;3-7H,2,8H2,1H3;7H,2-6H2,1H3;4-7H,3H2,1-2H3;7H,3-6H2,1-2H3;7,9H,2-6H2,1H3;2-7H2,1H3;4H2,1-3H3;3H,2H2,1H3. The van der Waals surface area contributed by atoms with Gasteiger partial charge in [-0.2, -0.15) is 13.2 Å². The zero-order valence-corrected chi connectivity index (χ0v) is 59.5. The molecule has 0 saturated carbocycles. The van der Waals surface area contributed by atoms with Crippen LogP contribution >= 0.6 is 0 Å². The summed E-state index contributed by atoms with van der Waals surface area (Å²) in [5.41, 5.74) is 3.72. The number of nitrogens with one attached hydrogen (secondary N) is 1. The highest BCUT2D eigenvalue weighted by atomic mass is 19.4. The number of benzene rings is 3. The van der Waals surface area contributed by atoms with Crippen LogP contribution in [0.25, 0.3) is 0 Å². The number of rotatable bonds is 17. The van der Waals surface area contributed by atoms with Gasteiger partial charge in [0, 0.05) is 97.7 Å². The quantitative estimate of drug-likeness (QED) is 0.0873. The Labute approximate surface area is 552 Å². The van der Waals surface area contributed by atoms with E-state index in [1.165, 1.54) is 75.1 Å². The maximum atomic E-state index is 12.7. The summed E-state index contributed by atoms with van der Waals surface area (Å²) in [7, 11) is 6.14. The number of hydrogen-bond acceptors (Lipinski definition) is 14. The van der Waals surface area contributed by atoms with Crippen molar-refractivity contribution >= 4 is 11.5 Å². The molecule has 3 N–H and O–H groups in total. The van der Waals surface area contributed by atoms with E-state index in [9.17, 15) is 17.6 Å². The first-order valence-electron chi connectivity index (χ1n) is 34.6. The Morgan fingerprint density at radius 3 is 1.43 bits per heavy atom. The number of likely N-dealkylation sites (N-methyl/N-ethyl adjacent to an activating group) is 1. The van der Waals surface area contributed by atoms with Crippen molar-refractivity contribution in [2.24, 2.45) is 5.92 Å². The average molecular weight is 1290 g/mol. The first-order valence-corrected chi connectivity index (χ1v) is 34.6. The summed E-state index contributed by atoms with van der Waals surface area (Å²) >= 11 is 0. The first-order chi connectivity index (χ1) is 43.9. The summed E-state index contributed by atoms with van der Waals surface area (Å²) < 4.78 is 59.8. The van der Waals surface area contributed by atoms with Gasteiger partial charge in [-0.3, -0.25) is 4.90 Å². The molecule has 0 spiro atoms. The Hall–Kier alpha value is -4.31. The number of ether oxygens (including phenoxy) is 2. The molecule has 5 aliphatic heterocycles. The number of piperazine rings is 1. The Bertz CT molecular complexity index is 2090.